The topological polar surface area (TPSA) is 12.0 Å². The molecule has 108 valence electrons. The highest BCUT2D eigenvalue weighted by molar-refractivity contribution is 5.38. The third kappa shape index (κ3) is 4.07. The molecule has 0 aliphatic rings. The molecule has 0 spiro atoms. The van der Waals surface area contributed by atoms with Gasteiger partial charge in [-0.25, -0.2) is 0 Å². The molecule has 1 aromatic carbocycles. The number of nitrogens with one attached hydrogen (secondary N) is 1. The highest BCUT2D eigenvalue weighted by Gasteiger charge is 2.29. The molecular weight excluding hydrogens is 230 g/mol. The lowest BCUT2D eigenvalue weighted by Gasteiger charge is -2.35. The van der Waals surface area contributed by atoms with Gasteiger partial charge in [-0.15, -0.1) is 0 Å². The molecular formula is C18H31N. The molecule has 0 heterocycles. The van der Waals surface area contributed by atoms with Gasteiger partial charge in [0.05, 0.1) is 0 Å². The van der Waals surface area contributed by atoms with Crippen LogP contribution in [0.25, 0.3) is 0 Å². The maximum Gasteiger partial charge on any atom is 0.00107 e. The van der Waals surface area contributed by atoms with Gasteiger partial charge in [-0.3, -0.25) is 0 Å². The van der Waals surface area contributed by atoms with Crippen LogP contribution in [0.3, 0.4) is 0 Å². The molecule has 0 bridgehead atoms. The summed E-state index contributed by atoms with van der Waals surface area (Å²) in [7, 11) is 0. The smallest absolute Gasteiger partial charge is 0.00107 e. The molecule has 0 amide bonds. The highest BCUT2D eigenvalue weighted by Crippen LogP contribution is 2.33. The van der Waals surface area contributed by atoms with Crippen LogP contribution in [0.5, 0.6) is 0 Å². The molecule has 1 nitrogen and oxygen atoms in total. The average Bonchev–Trinajstić information content (AvgIpc) is 2.31. The minimum atomic E-state index is 0.320. The fourth-order valence-electron chi connectivity index (χ4n) is 2.77. The molecule has 1 heteroatoms. The minimum absolute atomic E-state index is 0.320. The van der Waals surface area contributed by atoms with Gasteiger partial charge in [-0.2, -0.15) is 0 Å². The van der Waals surface area contributed by atoms with Crippen molar-refractivity contribution in [3.63, 3.8) is 0 Å². The SMILES string of the molecule is CCNCC(C)(Cc1c(C)cc(C)cc1C)C(C)C. The molecule has 0 saturated heterocycles. The first-order chi connectivity index (χ1) is 8.80. The van der Waals surface area contributed by atoms with Gasteiger partial charge in [0, 0.05) is 6.54 Å². The Morgan fingerprint density at radius 2 is 1.63 bits per heavy atom. The van der Waals surface area contributed by atoms with E-state index in [9.17, 15) is 0 Å². The second-order valence-electron chi connectivity index (χ2n) is 6.64. The van der Waals surface area contributed by atoms with Crippen LogP contribution < -0.4 is 5.32 Å². The van der Waals surface area contributed by atoms with Crippen molar-refractivity contribution in [1.29, 1.82) is 0 Å². The van der Waals surface area contributed by atoms with Crippen LogP contribution in [-0.2, 0) is 6.42 Å². The Hall–Kier alpha value is -0.820. The Balaban J connectivity index is 3.03. The normalized spacial score (nSPS) is 14.7. The maximum atomic E-state index is 3.54. The van der Waals surface area contributed by atoms with Crippen molar-refractivity contribution in [2.75, 3.05) is 13.1 Å². The number of hydrogen-bond acceptors (Lipinski definition) is 1. The summed E-state index contributed by atoms with van der Waals surface area (Å²) in [4.78, 5) is 0. The zero-order chi connectivity index (χ0) is 14.6. The molecule has 0 fully saturated rings. The van der Waals surface area contributed by atoms with Gasteiger partial charge in [0.25, 0.3) is 0 Å². The van der Waals surface area contributed by atoms with E-state index in [0.29, 0.717) is 11.3 Å². The molecule has 1 atom stereocenters. The van der Waals surface area contributed by atoms with Gasteiger partial charge in [0.2, 0.25) is 0 Å². The van der Waals surface area contributed by atoms with Gasteiger partial charge in [-0.05, 0) is 61.8 Å². The minimum Gasteiger partial charge on any atom is -0.316 e. The quantitative estimate of drug-likeness (QED) is 0.799. The van der Waals surface area contributed by atoms with Gasteiger partial charge in [0.15, 0.2) is 0 Å². The van der Waals surface area contributed by atoms with Gasteiger partial charge in [0.1, 0.15) is 0 Å². The standard InChI is InChI=1S/C18H31N/c1-8-19-12-18(7,13(2)3)11-17-15(5)9-14(4)10-16(17)6/h9-10,13,19H,8,11-12H2,1-7H3. The zero-order valence-corrected chi connectivity index (χ0v) is 13.9. The molecule has 1 N–H and O–H groups in total. The molecule has 0 aromatic heterocycles. The Morgan fingerprint density at radius 1 is 1.11 bits per heavy atom. The van der Waals surface area contributed by atoms with E-state index in [1.807, 2.05) is 0 Å². The molecule has 1 rings (SSSR count). The van der Waals surface area contributed by atoms with E-state index < -0.39 is 0 Å². The van der Waals surface area contributed by atoms with E-state index in [1.165, 1.54) is 16.7 Å². The zero-order valence-electron chi connectivity index (χ0n) is 13.9. The summed E-state index contributed by atoms with van der Waals surface area (Å²) in [6.07, 6.45) is 1.16. The molecule has 0 radical (unpaired) electrons. The van der Waals surface area contributed by atoms with Crippen LogP contribution in [0.2, 0.25) is 0 Å². The second-order valence-corrected chi connectivity index (χ2v) is 6.64. The molecule has 0 aliphatic carbocycles. The van der Waals surface area contributed by atoms with E-state index in [0.717, 1.165) is 19.5 Å². The Kier molecular flexibility index (Phi) is 5.61. The van der Waals surface area contributed by atoms with Crippen LogP contribution in [0.1, 0.15) is 49.9 Å². The lowest BCUT2D eigenvalue weighted by Crippen LogP contribution is -2.38. The predicted octanol–water partition coefficient (Wildman–Crippen LogP) is 4.43. The van der Waals surface area contributed by atoms with E-state index in [2.05, 4.69) is 65.9 Å². The third-order valence-corrected chi connectivity index (χ3v) is 4.59. The van der Waals surface area contributed by atoms with Crippen molar-refractivity contribution in [2.24, 2.45) is 11.3 Å². The molecule has 19 heavy (non-hydrogen) atoms. The van der Waals surface area contributed by atoms with Crippen molar-refractivity contribution >= 4 is 0 Å². The molecule has 1 aromatic rings. The summed E-state index contributed by atoms with van der Waals surface area (Å²) in [6.45, 7) is 18.1. The van der Waals surface area contributed by atoms with Crippen molar-refractivity contribution in [3.8, 4) is 0 Å². The first kappa shape index (κ1) is 16.2. The summed E-state index contributed by atoms with van der Waals surface area (Å²) in [6, 6.07) is 4.63. The van der Waals surface area contributed by atoms with Gasteiger partial charge < -0.3 is 5.32 Å². The summed E-state index contributed by atoms with van der Waals surface area (Å²) in [5, 5.41) is 3.54. The van der Waals surface area contributed by atoms with Gasteiger partial charge in [-0.1, -0.05) is 45.4 Å². The van der Waals surface area contributed by atoms with Crippen LogP contribution in [0.4, 0.5) is 0 Å². The lowest BCUT2D eigenvalue weighted by molar-refractivity contribution is 0.208. The average molecular weight is 261 g/mol. The van der Waals surface area contributed by atoms with Crippen molar-refractivity contribution < 1.29 is 0 Å². The van der Waals surface area contributed by atoms with E-state index in [4.69, 9.17) is 0 Å². The number of aryl methyl sites for hydroxylation is 3. The predicted molar refractivity (Wildman–Crippen MR) is 85.8 cm³/mol. The number of benzene rings is 1. The fourth-order valence-corrected chi connectivity index (χ4v) is 2.77. The Bertz CT molecular complexity index is 397. The molecule has 0 saturated carbocycles. The summed E-state index contributed by atoms with van der Waals surface area (Å²) < 4.78 is 0. The third-order valence-electron chi connectivity index (χ3n) is 4.59. The first-order valence-corrected chi connectivity index (χ1v) is 7.57. The van der Waals surface area contributed by atoms with Crippen LogP contribution in [0, 0.1) is 32.1 Å². The monoisotopic (exact) mass is 261 g/mol. The van der Waals surface area contributed by atoms with Crippen LogP contribution >= 0.6 is 0 Å². The van der Waals surface area contributed by atoms with E-state index in [1.54, 1.807) is 5.56 Å². The van der Waals surface area contributed by atoms with E-state index in [-0.39, 0.29) is 0 Å². The summed E-state index contributed by atoms with van der Waals surface area (Å²) in [5.41, 5.74) is 6.12. The number of hydrogen-bond donors (Lipinski definition) is 1. The van der Waals surface area contributed by atoms with Crippen LogP contribution in [-0.4, -0.2) is 13.1 Å². The largest absolute Gasteiger partial charge is 0.316 e. The summed E-state index contributed by atoms with van der Waals surface area (Å²) in [5.74, 6) is 0.673. The van der Waals surface area contributed by atoms with Gasteiger partial charge >= 0.3 is 0 Å². The summed E-state index contributed by atoms with van der Waals surface area (Å²) >= 11 is 0. The lowest BCUT2D eigenvalue weighted by atomic mass is 9.73. The molecule has 1 unspecified atom stereocenters. The second kappa shape index (κ2) is 6.56. The fraction of sp³-hybridized carbons (Fsp3) is 0.667. The first-order valence-electron chi connectivity index (χ1n) is 7.57. The number of rotatable bonds is 6. The van der Waals surface area contributed by atoms with E-state index >= 15 is 0 Å². The molecule has 0 aliphatic heterocycles. The van der Waals surface area contributed by atoms with Crippen molar-refractivity contribution in [3.05, 3.63) is 34.4 Å². The van der Waals surface area contributed by atoms with Crippen molar-refractivity contribution in [2.45, 2.75) is 54.9 Å². The maximum absolute atomic E-state index is 3.54. The van der Waals surface area contributed by atoms with Crippen molar-refractivity contribution in [1.82, 2.24) is 5.32 Å². The Morgan fingerprint density at radius 3 is 2.05 bits per heavy atom. The Labute approximate surface area is 119 Å². The highest BCUT2D eigenvalue weighted by atomic mass is 14.9. The van der Waals surface area contributed by atoms with Crippen LogP contribution in [0.15, 0.2) is 12.1 Å².